The number of piperazine rings is 1. The van der Waals surface area contributed by atoms with Crippen LogP contribution in [0.2, 0.25) is 5.02 Å². The maximum atomic E-state index is 13.2. The first kappa shape index (κ1) is 27.5. The third-order valence-electron chi connectivity index (χ3n) is 6.67. The number of thioether (sulfide) groups is 1. The molecule has 0 bridgehead atoms. The molecule has 0 saturated carbocycles. The lowest BCUT2D eigenvalue weighted by Gasteiger charge is -2.33. The van der Waals surface area contributed by atoms with Gasteiger partial charge in [0, 0.05) is 43.1 Å². The number of hydrogen-bond donors (Lipinski definition) is 0. The molecule has 1 fully saturated rings. The summed E-state index contributed by atoms with van der Waals surface area (Å²) in [4.78, 5) is 22.1. The largest absolute Gasteiger partial charge is 0.461 e. The highest BCUT2D eigenvalue weighted by Gasteiger charge is 2.24. The molecule has 0 aliphatic carbocycles. The Morgan fingerprint density at radius 2 is 1.88 bits per heavy atom. The monoisotopic (exact) mass is 602 g/mol. The van der Waals surface area contributed by atoms with Crippen LogP contribution in [0.1, 0.15) is 21.1 Å². The maximum absolute atomic E-state index is 13.2. The molecular formula is C30H27ClN6O2S2. The lowest BCUT2D eigenvalue weighted by Crippen LogP contribution is -2.48. The summed E-state index contributed by atoms with van der Waals surface area (Å²) in [6, 6.07) is 21.5. The van der Waals surface area contributed by atoms with Crippen molar-refractivity contribution in [3.8, 4) is 17.3 Å². The van der Waals surface area contributed by atoms with E-state index in [0.29, 0.717) is 46.3 Å². The molecule has 2 aromatic carbocycles. The van der Waals surface area contributed by atoms with Crippen molar-refractivity contribution in [3.05, 3.63) is 106 Å². The molecule has 1 aliphatic rings. The predicted octanol–water partition coefficient (Wildman–Crippen LogP) is 6.40. The molecule has 0 radical (unpaired) electrons. The number of carbonyl (C=O) groups excluding carboxylic acids is 1. The van der Waals surface area contributed by atoms with E-state index in [0.717, 1.165) is 30.3 Å². The highest BCUT2D eigenvalue weighted by atomic mass is 35.5. The predicted molar refractivity (Wildman–Crippen MR) is 164 cm³/mol. The smallest absolute Gasteiger partial charge is 0.273 e. The molecule has 208 valence electrons. The molecule has 1 saturated heterocycles. The number of aromatic nitrogens is 4. The summed E-state index contributed by atoms with van der Waals surface area (Å²) in [5.41, 5.74) is 2.53. The topological polar surface area (TPSA) is 80.3 Å². The Morgan fingerprint density at radius 3 is 2.66 bits per heavy atom. The summed E-state index contributed by atoms with van der Waals surface area (Å²) in [7, 11) is 0. The molecular weight excluding hydrogens is 576 g/mol. The van der Waals surface area contributed by atoms with Crippen molar-refractivity contribution in [1.82, 2.24) is 29.5 Å². The lowest BCUT2D eigenvalue weighted by atomic mass is 10.2. The fraction of sp³-hybridized carbons (Fsp3) is 0.200. The molecule has 1 aliphatic heterocycles. The number of carbonyl (C=O) groups is 1. The fourth-order valence-corrected chi connectivity index (χ4v) is 6.50. The Kier molecular flexibility index (Phi) is 8.62. The molecule has 6 rings (SSSR count). The molecule has 0 unspecified atom stereocenters. The summed E-state index contributed by atoms with van der Waals surface area (Å²) >= 11 is 9.26. The van der Waals surface area contributed by atoms with Gasteiger partial charge in [0.2, 0.25) is 5.82 Å². The van der Waals surface area contributed by atoms with E-state index < -0.39 is 0 Å². The number of nitrogens with zero attached hydrogens (tertiary/aromatic N) is 6. The molecule has 11 heteroatoms. The van der Waals surface area contributed by atoms with Crippen molar-refractivity contribution in [2.24, 2.45) is 0 Å². The second kappa shape index (κ2) is 12.9. The van der Waals surface area contributed by atoms with Crippen molar-refractivity contribution in [3.63, 3.8) is 0 Å². The maximum Gasteiger partial charge on any atom is 0.273 e. The van der Waals surface area contributed by atoms with Crippen molar-refractivity contribution in [2.45, 2.75) is 10.9 Å². The molecule has 0 N–H and O–H groups in total. The highest BCUT2D eigenvalue weighted by Crippen LogP contribution is 2.31. The van der Waals surface area contributed by atoms with Crippen LogP contribution in [0.4, 0.5) is 0 Å². The highest BCUT2D eigenvalue weighted by molar-refractivity contribution is 7.98. The Morgan fingerprint density at radius 1 is 1.02 bits per heavy atom. The number of hydrogen-bond acceptors (Lipinski definition) is 8. The molecule has 0 spiro atoms. The second-order valence-electron chi connectivity index (χ2n) is 9.42. The van der Waals surface area contributed by atoms with Crippen LogP contribution < -0.4 is 0 Å². The Bertz CT molecular complexity index is 1630. The van der Waals surface area contributed by atoms with Gasteiger partial charge in [-0.25, -0.2) is 4.98 Å². The van der Waals surface area contributed by atoms with Crippen molar-refractivity contribution in [1.29, 1.82) is 0 Å². The van der Waals surface area contributed by atoms with Gasteiger partial charge in [0.15, 0.2) is 10.9 Å². The molecule has 3 aromatic heterocycles. The Hall–Kier alpha value is -3.70. The van der Waals surface area contributed by atoms with Gasteiger partial charge in [0.05, 0.1) is 17.7 Å². The molecule has 0 atom stereocenters. The minimum Gasteiger partial charge on any atom is -0.461 e. The van der Waals surface area contributed by atoms with Gasteiger partial charge >= 0.3 is 0 Å². The van der Waals surface area contributed by atoms with Gasteiger partial charge in [-0.1, -0.05) is 71.9 Å². The number of halogens is 1. The normalized spacial score (nSPS) is 14.2. The Balaban J connectivity index is 1.07. The van der Waals surface area contributed by atoms with Crippen LogP contribution in [-0.4, -0.2) is 68.2 Å². The fourth-order valence-electron chi connectivity index (χ4n) is 4.58. The van der Waals surface area contributed by atoms with Gasteiger partial charge in [0.25, 0.3) is 5.91 Å². The standard InChI is InChI=1S/C30H27ClN6O2S2/c31-23-10-4-11-24(19-23)37-28(26-12-6-18-39-26)33-34-30(37)41-21-27-32-25(20-40-27)29(38)36-16-14-35(15-17-36)13-5-9-22-7-2-1-3-8-22/h1-12,18-20H,13-17,21H2. The molecule has 8 nitrogen and oxygen atoms in total. The van der Waals surface area contributed by atoms with Crippen LogP contribution in [0.3, 0.4) is 0 Å². The number of thiazole rings is 1. The summed E-state index contributed by atoms with van der Waals surface area (Å²) < 4.78 is 7.52. The molecule has 41 heavy (non-hydrogen) atoms. The number of rotatable bonds is 9. The first-order valence-corrected chi connectivity index (χ1v) is 15.4. The zero-order valence-corrected chi connectivity index (χ0v) is 24.5. The summed E-state index contributed by atoms with van der Waals surface area (Å²) in [6.45, 7) is 3.94. The zero-order valence-electron chi connectivity index (χ0n) is 22.1. The van der Waals surface area contributed by atoms with Crippen molar-refractivity contribution in [2.75, 3.05) is 32.7 Å². The number of benzene rings is 2. The number of amides is 1. The average Bonchev–Trinajstić information content (AvgIpc) is 3.78. The number of furan rings is 1. The van der Waals surface area contributed by atoms with E-state index in [9.17, 15) is 4.79 Å². The quantitative estimate of drug-likeness (QED) is 0.181. The van der Waals surface area contributed by atoms with Gasteiger partial charge in [-0.3, -0.25) is 14.3 Å². The average molecular weight is 603 g/mol. The van der Waals surface area contributed by atoms with Crippen LogP contribution in [0.25, 0.3) is 23.3 Å². The second-order valence-corrected chi connectivity index (χ2v) is 11.7. The van der Waals surface area contributed by atoms with Crippen molar-refractivity contribution >= 4 is 46.7 Å². The lowest BCUT2D eigenvalue weighted by molar-refractivity contribution is 0.0645. The van der Waals surface area contributed by atoms with Gasteiger partial charge < -0.3 is 9.32 Å². The van der Waals surface area contributed by atoms with Crippen LogP contribution >= 0.6 is 34.7 Å². The third kappa shape index (κ3) is 6.62. The minimum atomic E-state index is -0.0147. The zero-order chi connectivity index (χ0) is 28.0. The molecule has 4 heterocycles. The van der Waals surface area contributed by atoms with Gasteiger partial charge in [-0.15, -0.1) is 21.5 Å². The van der Waals surface area contributed by atoms with E-state index in [1.807, 2.05) is 69.4 Å². The van der Waals surface area contributed by atoms with E-state index in [2.05, 4.69) is 44.4 Å². The van der Waals surface area contributed by atoms with Gasteiger partial charge in [-0.2, -0.15) is 0 Å². The first-order valence-electron chi connectivity index (χ1n) is 13.2. The van der Waals surface area contributed by atoms with Crippen LogP contribution in [0.5, 0.6) is 0 Å². The van der Waals surface area contributed by atoms with E-state index in [1.165, 1.54) is 28.7 Å². The first-order chi connectivity index (χ1) is 20.1. The van der Waals surface area contributed by atoms with Crippen molar-refractivity contribution < 1.29 is 9.21 Å². The Labute approximate surface area is 251 Å². The van der Waals surface area contributed by atoms with Gasteiger partial charge in [-0.05, 0) is 35.9 Å². The SMILES string of the molecule is O=C(c1csc(CSc2nnc(-c3ccco3)n2-c2cccc(Cl)c2)n1)N1CCN(CC=Cc2ccccc2)CC1. The van der Waals surface area contributed by atoms with E-state index in [4.69, 9.17) is 16.0 Å². The third-order valence-corrected chi connectivity index (χ3v) is 8.88. The molecule has 1 amide bonds. The minimum absolute atomic E-state index is 0.0147. The summed E-state index contributed by atoms with van der Waals surface area (Å²) in [5, 5.41) is 12.8. The van der Waals surface area contributed by atoms with Crippen LogP contribution in [0, 0.1) is 0 Å². The molecule has 5 aromatic rings. The van der Waals surface area contributed by atoms with Gasteiger partial charge in [0.1, 0.15) is 10.7 Å². The summed E-state index contributed by atoms with van der Waals surface area (Å²) in [5.74, 6) is 1.73. The van der Waals surface area contributed by atoms with Crippen LogP contribution in [-0.2, 0) is 5.75 Å². The van der Waals surface area contributed by atoms with E-state index in [-0.39, 0.29) is 5.91 Å². The van der Waals surface area contributed by atoms with E-state index >= 15 is 0 Å². The van der Waals surface area contributed by atoms with E-state index in [1.54, 1.807) is 6.26 Å². The van der Waals surface area contributed by atoms with Crippen LogP contribution in [0.15, 0.2) is 94.0 Å². The summed E-state index contributed by atoms with van der Waals surface area (Å²) in [6.07, 6.45) is 5.93.